The quantitative estimate of drug-likeness (QED) is 0.753. The van der Waals surface area contributed by atoms with E-state index in [9.17, 15) is 14.4 Å². The van der Waals surface area contributed by atoms with Crippen LogP contribution in [0.1, 0.15) is 37.7 Å². The molecule has 4 aliphatic rings. The van der Waals surface area contributed by atoms with Crippen LogP contribution in [-0.2, 0) is 25.5 Å². The first kappa shape index (κ1) is 16.9. The normalized spacial score (nSPS) is 27.8. The Morgan fingerprint density at radius 3 is 2.81 bits per heavy atom. The number of carbonyl (C=O) groups is 3. The minimum atomic E-state index is -0.173. The highest BCUT2D eigenvalue weighted by molar-refractivity contribution is 5.95. The minimum Gasteiger partial charge on any atom is -0.482 e. The average molecular weight is 358 g/mol. The first-order valence-corrected chi connectivity index (χ1v) is 8.84. The van der Waals surface area contributed by atoms with E-state index >= 15 is 0 Å². The van der Waals surface area contributed by atoms with E-state index < -0.39 is 0 Å². The zero-order valence-electron chi connectivity index (χ0n) is 14.7. The first-order chi connectivity index (χ1) is 12.4. The van der Waals surface area contributed by atoms with Gasteiger partial charge in [-0.25, -0.2) is 0 Å². The van der Waals surface area contributed by atoms with E-state index in [4.69, 9.17) is 9.47 Å². The molecular weight excluding hydrogens is 336 g/mol. The van der Waals surface area contributed by atoms with Gasteiger partial charge in [0, 0.05) is 12.0 Å². The van der Waals surface area contributed by atoms with E-state index in [1.54, 1.807) is 0 Å². The molecule has 3 fully saturated rings. The Morgan fingerprint density at radius 1 is 1.31 bits per heavy atom. The Kier molecular flexibility index (Phi) is 3.89. The number of ether oxygens (including phenoxy) is 2. The van der Waals surface area contributed by atoms with Crippen molar-refractivity contribution in [1.29, 1.82) is 0 Å². The third kappa shape index (κ3) is 3.02. The Morgan fingerprint density at radius 2 is 2.08 bits per heavy atom. The Labute approximate surface area is 151 Å². The number of rotatable bonds is 6. The molecule has 0 aromatic heterocycles. The third-order valence-corrected chi connectivity index (χ3v) is 5.61. The molecule has 26 heavy (non-hydrogen) atoms. The second-order valence-electron chi connectivity index (χ2n) is 7.78. The smallest absolute Gasteiger partial charge is 0.306 e. The van der Waals surface area contributed by atoms with E-state index in [1.165, 1.54) is 7.11 Å². The summed E-state index contributed by atoms with van der Waals surface area (Å²) in [6.07, 6.45) is 4.02. The Balaban J connectivity index is 1.25. The van der Waals surface area contributed by atoms with E-state index in [2.05, 4.69) is 10.6 Å². The number of aryl methyl sites for hydroxylation is 1. The summed E-state index contributed by atoms with van der Waals surface area (Å²) in [7, 11) is 1.41. The summed E-state index contributed by atoms with van der Waals surface area (Å²) in [5.41, 5.74) is 1.58. The SMILES string of the molecule is COC(=O)CC12CC(NC(=O)CCc3ccc4c(c3)NC(=O)CO4)(C1)C2. The lowest BCUT2D eigenvalue weighted by atomic mass is 9.38. The minimum absolute atomic E-state index is 0.0226. The van der Waals surface area contributed by atoms with Crippen LogP contribution in [0.15, 0.2) is 18.2 Å². The second kappa shape index (κ2) is 6.00. The van der Waals surface area contributed by atoms with Gasteiger partial charge in [-0.1, -0.05) is 6.07 Å². The zero-order valence-corrected chi connectivity index (χ0v) is 14.7. The highest BCUT2D eigenvalue weighted by atomic mass is 16.5. The highest BCUT2D eigenvalue weighted by Gasteiger charge is 2.68. The van der Waals surface area contributed by atoms with Crippen LogP contribution >= 0.6 is 0 Å². The van der Waals surface area contributed by atoms with Gasteiger partial charge in [-0.2, -0.15) is 0 Å². The number of hydrogen-bond acceptors (Lipinski definition) is 5. The molecule has 2 amide bonds. The Bertz CT molecular complexity index is 768. The van der Waals surface area contributed by atoms with Gasteiger partial charge in [0.15, 0.2) is 6.61 Å². The maximum Gasteiger partial charge on any atom is 0.306 e. The number of esters is 1. The number of methoxy groups -OCH3 is 1. The maximum atomic E-state index is 12.3. The van der Waals surface area contributed by atoms with Crippen LogP contribution in [0.2, 0.25) is 0 Å². The summed E-state index contributed by atoms with van der Waals surface area (Å²) in [6, 6.07) is 5.59. The van der Waals surface area contributed by atoms with Crippen molar-refractivity contribution in [3.8, 4) is 5.75 Å². The summed E-state index contributed by atoms with van der Waals surface area (Å²) in [6.45, 7) is 0.0360. The average Bonchev–Trinajstić information content (AvgIpc) is 2.56. The molecule has 0 atom stereocenters. The van der Waals surface area contributed by atoms with Gasteiger partial charge in [0.05, 0.1) is 19.2 Å². The van der Waals surface area contributed by atoms with Gasteiger partial charge in [0.2, 0.25) is 5.91 Å². The molecule has 7 heteroatoms. The van der Waals surface area contributed by atoms with Crippen molar-refractivity contribution in [2.45, 2.75) is 44.1 Å². The number of carbonyl (C=O) groups excluding carboxylic acids is 3. The predicted octanol–water partition coefficient (Wildman–Crippen LogP) is 1.55. The van der Waals surface area contributed by atoms with Gasteiger partial charge in [-0.15, -0.1) is 0 Å². The fraction of sp³-hybridized carbons (Fsp3) is 0.526. The van der Waals surface area contributed by atoms with E-state index in [-0.39, 0.29) is 35.3 Å². The number of hydrogen-bond donors (Lipinski definition) is 2. The fourth-order valence-corrected chi connectivity index (χ4v) is 4.60. The lowest BCUT2D eigenvalue weighted by Gasteiger charge is -2.70. The van der Waals surface area contributed by atoms with Gasteiger partial charge >= 0.3 is 5.97 Å². The van der Waals surface area contributed by atoms with Gasteiger partial charge in [0.1, 0.15) is 5.75 Å². The highest BCUT2D eigenvalue weighted by Crippen LogP contribution is 2.69. The van der Waals surface area contributed by atoms with Crippen LogP contribution < -0.4 is 15.4 Å². The monoisotopic (exact) mass is 358 g/mol. The second-order valence-corrected chi connectivity index (χ2v) is 7.78. The maximum absolute atomic E-state index is 12.3. The largest absolute Gasteiger partial charge is 0.482 e. The van der Waals surface area contributed by atoms with Crippen molar-refractivity contribution >= 4 is 23.5 Å². The lowest BCUT2D eigenvalue weighted by Crippen LogP contribution is -2.75. The molecule has 0 saturated heterocycles. The summed E-state index contributed by atoms with van der Waals surface area (Å²) < 4.78 is 10.1. The van der Waals surface area contributed by atoms with Gasteiger partial charge in [0.25, 0.3) is 5.91 Å². The molecule has 5 rings (SSSR count). The summed E-state index contributed by atoms with van der Waals surface area (Å²) in [4.78, 5) is 35.1. The Hall–Kier alpha value is -2.57. The molecule has 3 saturated carbocycles. The molecule has 0 unspecified atom stereocenters. The van der Waals surface area contributed by atoms with Crippen LogP contribution in [0.3, 0.4) is 0 Å². The molecule has 138 valence electrons. The summed E-state index contributed by atoms with van der Waals surface area (Å²) in [5.74, 6) is 0.335. The molecule has 1 aromatic rings. The first-order valence-electron chi connectivity index (χ1n) is 8.84. The number of fused-ring (bicyclic) bond motifs is 1. The number of nitrogens with one attached hydrogen (secondary N) is 2. The zero-order chi connectivity index (χ0) is 18.4. The van der Waals surface area contributed by atoms with Crippen molar-refractivity contribution in [3.63, 3.8) is 0 Å². The standard InChI is InChI=1S/C19H22N2O5/c1-25-17(24)7-18-9-19(10-18,11-18)21-15(22)5-3-12-2-4-14-13(6-12)20-16(23)8-26-14/h2,4,6H,3,5,7-11H2,1H3,(H,20,23)(H,21,22). The lowest BCUT2D eigenvalue weighted by molar-refractivity contribution is -0.181. The molecule has 1 heterocycles. The van der Waals surface area contributed by atoms with Crippen LogP contribution in [-0.4, -0.2) is 37.0 Å². The van der Waals surface area contributed by atoms with Gasteiger partial charge in [-0.3, -0.25) is 14.4 Å². The molecule has 0 radical (unpaired) electrons. The van der Waals surface area contributed by atoms with Crippen LogP contribution in [0.25, 0.3) is 0 Å². The van der Waals surface area contributed by atoms with Crippen molar-refractivity contribution in [2.24, 2.45) is 5.41 Å². The van der Waals surface area contributed by atoms with Crippen LogP contribution in [0.4, 0.5) is 5.69 Å². The van der Waals surface area contributed by atoms with Crippen LogP contribution in [0.5, 0.6) is 5.75 Å². The molecule has 1 aliphatic heterocycles. The van der Waals surface area contributed by atoms with Gasteiger partial charge < -0.3 is 20.1 Å². The van der Waals surface area contributed by atoms with Crippen molar-refractivity contribution < 1.29 is 23.9 Å². The summed E-state index contributed by atoms with van der Waals surface area (Å²) >= 11 is 0. The van der Waals surface area contributed by atoms with Crippen molar-refractivity contribution in [1.82, 2.24) is 5.32 Å². The van der Waals surface area contributed by atoms with E-state index in [1.807, 2.05) is 18.2 Å². The van der Waals surface area contributed by atoms with Gasteiger partial charge in [-0.05, 0) is 48.8 Å². The predicted molar refractivity (Wildman–Crippen MR) is 92.7 cm³/mol. The number of amides is 2. The van der Waals surface area contributed by atoms with Crippen LogP contribution in [0, 0.1) is 5.41 Å². The molecule has 3 aliphatic carbocycles. The molecule has 2 bridgehead atoms. The molecule has 7 nitrogen and oxygen atoms in total. The van der Waals surface area contributed by atoms with E-state index in [0.717, 1.165) is 24.8 Å². The topological polar surface area (TPSA) is 93.7 Å². The fourth-order valence-electron chi connectivity index (χ4n) is 4.60. The molecule has 0 spiro atoms. The van der Waals surface area contributed by atoms with Crippen molar-refractivity contribution in [3.05, 3.63) is 23.8 Å². The number of anilines is 1. The van der Waals surface area contributed by atoms with Crippen molar-refractivity contribution in [2.75, 3.05) is 19.0 Å². The number of benzene rings is 1. The molecule has 1 aromatic carbocycles. The molecule has 2 N–H and O–H groups in total. The summed E-state index contributed by atoms with van der Waals surface area (Å²) in [5, 5.41) is 5.90. The third-order valence-electron chi connectivity index (χ3n) is 5.61. The molecular formula is C19H22N2O5. The van der Waals surface area contributed by atoms with E-state index in [0.29, 0.717) is 30.7 Å².